The topological polar surface area (TPSA) is 122 Å². The van der Waals surface area contributed by atoms with E-state index in [-0.39, 0.29) is 23.8 Å². The molecule has 0 radical (unpaired) electrons. The zero-order chi connectivity index (χ0) is 17.7. The molecule has 1 fully saturated rings. The first-order valence-corrected chi connectivity index (χ1v) is 7.90. The molecule has 130 valence electrons. The van der Waals surface area contributed by atoms with Crippen LogP contribution in [0.2, 0.25) is 0 Å². The molecule has 0 heterocycles. The molecule has 24 heavy (non-hydrogen) atoms. The SMILES string of the molecule is Cc1ccc(NC(=O)CC(NC2CCCC2)C(=O)O)c([N+](=O)[O-])c1. The summed E-state index contributed by atoms with van der Waals surface area (Å²) in [6.45, 7) is 1.71. The number of carbonyl (C=O) groups excluding carboxylic acids is 1. The van der Waals surface area contributed by atoms with Crippen LogP contribution in [0.25, 0.3) is 0 Å². The Hall–Kier alpha value is -2.48. The molecule has 1 aromatic rings. The number of carbonyl (C=O) groups is 2. The van der Waals surface area contributed by atoms with Crippen molar-refractivity contribution in [2.75, 3.05) is 5.32 Å². The number of rotatable bonds is 7. The average molecular weight is 335 g/mol. The van der Waals surface area contributed by atoms with Gasteiger partial charge in [0.15, 0.2) is 0 Å². The highest BCUT2D eigenvalue weighted by Gasteiger charge is 2.27. The number of carboxylic acids is 1. The summed E-state index contributed by atoms with van der Waals surface area (Å²) in [5.74, 6) is -1.67. The Kier molecular flexibility index (Phi) is 5.86. The minimum atomic E-state index is -1.10. The number of benzene rings is 1. The van der Waals surface area contributed by atoms with Crippen LogP contribution in [-0.4, -0.2) is 34.0 Å². The van der Waals surface area contributed by atoms with Crippen molar-refractivity contribution in [2.45, 2.75) is 51.1 Å². The number of nitro groups is 1. The third kappa shape index (κ3) is 4.76. The van der Waals surface area contributed by atoms with E-state index < -0.39 is 22.8 Å². The normalized spacial score (nSPS) is 15.9. The van der Waals surface area contributed by atoms with Gasteiger partial charge >= 0.3 is 5.97 Å². The van der Waals surface area contributed by atoms with Gasteiger partial charge in [-0.1, -0.05) is 18.9 Å². The second-order valence-corrected chi connectivity index (χ2v) is 6.07. The fourth-order valence-electron chi connectivity index (χ4n) is 2.88. The molecule has 1 amide bonds. The summed E-state index contributed by atoms with van der Waals surface area (Å²) < 4.78 is 0. The molecular formula is C16H21N3O5. The molecule has 1 aromatic carbocycles. The van der Waals surface area contributed by atoms with E-state index in [1.165, 1.54) is 12.1 Å². The van der Waals surface area contributed by atoms with Gasteiger partial charge in [-0.3, -0.25) is 19.7 Å². The van der Waals surface area contributed by atoms with Crippen LogP contribution in [0.15, 0.2) is 18.2 Å². The highest BCUT2D eigenvalue weighted by atomic mass is 16.6. The van der Waals surface area contributed by atoms with E-state index in [1.807, 2.05) is 0 Å². The van der Waals surface area contributed by atoms with Crippen LogP contribution in [0, 0.1) is 17.0 Å². The van der Waals surface area contributed by atoms with Crippen molar-refractivity contribution < 1.29 is 19.6 Å². The predicted molar refractivity (Wildman–Crippen MR) is 87.9 cm³/mol. The van der Waals surface area contributed by atoms with Gasteiger partial charge in [-0.2, -0.15) is 0 Å². The zero-order valence-corrected chi connectivity index (χ0v) is 13.4. The maximum Gasteiger partial charge on any atom is 0.321 e. The monoisotopic (exact) mass is 335 g/mol. The van der Waals surface area contributed by atoms with E-state index in [1.54, 1.807) is 13.0 Å². The predicted octanol–water partition coefficient (Wildman–Crippen LogP) is 2.22. The fourth-order valence-corrected chi connectivity index (χ4v) is 2.88. The third-order valence-electron chi connectivity index (χ3n) is 4.10. The molecular weight excluding hydrogens is 314 g/mol. The summed E-state index contributed by atoms with van der Waals surface area (Å²) in [5, 5.41) is 25.8. The number of aryl methyl sites for hydroxylation is 1. The van der Waals surface area contributed by atoms with Crippen LogP contribution in [0.5, 0.6) is 0 Å². The van der Waals surface area contributed by atoms with Crippen LogP contribution in [0.3, 0.4) is 0 Å². The third-order valence-corrected chi connectivity index (χ3v) is 4.10. The summed E-state index contributed by atoms with van der Waals surface area (Å²) in [7, 11) is 0. The smallest absolute Gasteiger partial charge is 0.321 e. The second kappa shape index (κ2) is 7.87. The van der Waals surface area contributed by atoms with Crippen LogP contribution in [0.4, 0.5) is 11.4 Å². The number of nitrogens with one attached hydrogen (secondary N) is 2. The molecule has 1 aliphatic carbocycles. The Bertz CT molecular complexity index is 641. The van der Waals surface area contributed by atoms with Crippen LogP contribution >= 0.6 is 0 Å². The molecule has 2 rings (SSSR count). The van der Waals surface area contributed by atoms with Gasteiger partial charge in [0.2, 0.25) is 5.91 Å². The van der Waals surface area contributed by atoms with Gasteiger partial charge in [-0.25, -0.2) is 0 Å². The number of anilines is 1. The Morgan fingerprint density at radius 1 is 1.38 bits per heavy atom. The number of nitrogens with zero attached hydrogens (tertiary/aromatic N) is 1. The quantitative estimate of drug-likeness (QED) is 0.519. The molecule has 1 aliphatic rings. The minimum absolute atomic E-state index is 0.0700. The molecule has 8 nitrogen and oxygen atoms in total. The number of aliphatic carboxylic acids is 1. The van der Waals surface area contributed by atoms with Gasteiger partial charge in [0.1, 0.15) is 11.7 Å². The van der Waals surface area contributed by atoms with Gasteiger partial charge in [-0.15, -0.1) is 0 Å². The van der Waals surface area contributed by atoms with E-state index in [0.717, 1.165) is 25.7 Å². The lowest BCUT2D eigenvalue weighted by atomic mass is 10.1. The first kappa shape index (κ1) is 17.9. The number of amides is 1. The minimum Gasteiger partial charge on any atom is -0.480 e. The van der Waals surface area contributed by atoms with Crippen LogP contribution in [-0.2, 0) is 9.59 Å². The maximum atomic E-state index is 12.1. The number of hydrogen-bond donors (Lipinski definition) is 3. The summed E-state index contributed by atoms with van der Waals surface area (Å²) in [5.41, 5.74) is 0.561. The lowest BCUT2D eigenvalue weighted by molar-refractivity contribution is -0.384. The molecule has 0 aliphatic heterocycles. The van der Waals surface area contributed by atoms with E-state index >= 15 is 0 Å². The van der Waals surface area contributed by atoms with Crippen molar-refractivity contribution in [3.8, 4) is 0 Å². The summed E-state index contributed by atoms with van der Waals surface area (Å²) >= 11 is 0. The van der Waals surface area contributed by atoms with Gasteiger partial charge < -0.3 is 15.7 Å². The van der Waals surface area contributed by atoms with E-state index in [9.17, 15) is 24.8 Å². The summed E-state index contributed by atoms with van der Waals surface area (Å²) in [4.78, 5) is 34.0. The van der Waals surface area contributed by atoms with E-state index in [2.05, 4.69) is 10.6 Å². The standard InChI is InChI=1S/C16H21N3O5/c1-10-6-7-12(14(8-10)19(23)24)18-15(20)9-13(16(21)22)17-11-4-2-3-5-11/h6-8,11,13,17H,2-5,9H2,1H3,(H,18,20)(H,21,22). The first-order chi connectivity index (χ1) is 11.4. The number of carboxylic acid groups (broad SMARTS) is 1. The van der Waals surface area contributed by atoms with Gasteiger partial charge in [0, 0.05) is 12.1 Å². The average Bonchev–Trinajstić information content (AvgIpc) is 3.01. The van der Waals surface area contributed by atoms with Crippen molar-refractivity contribution in [1.82, 2.24) is 5.32 Å². The zero-order valence-electron chi connectivity index (χ0n) is 13.4. The Morgan fingerprint density at radius 2 is 2.04 bits per heavy atom. The fraction of sp³-hybridized carbons (Fsp3) is 0.500. The van der Waals surface area contributed by atoms with Gasteiger partial charge in [-0.05, 0) is 31.4 Å². The Balaban J connectivity index is 2.03. The van der Waals surface area contributed by atoms with E-state index in [0.29, 0.717) is 5.56 Å². The number of nitro benzene ring substituents is 1. The highest BCUT2D eigenvalue weighted by Crippen LogP contribution is 2.25. The van der Waals surface area contributed by atoms with Crippen molar-refractivity contribution in [2.24, 2.45) is 0 Å². The largest absolute Gasteiger partial charge is 0.480 e. The highest BCUT2D eigenvalue weighted by molar-refractivity contribution is 5.95. The summed E-state index contributed by atoms with van der Waals surface area (Å²) in [6.07, 6.45) is 3.61. The molecule has 1 saturated carbocycles. The molecule has 1 unspecified atom stereocenters. The second-order valence-electron chi connectivity index (χ2n) is 6.07. The molecule has 8 heteroatoms. The van der Waals surface area contributed by atoms with Crippen molar-refractivity contribution >= 4 is 23.3 Å². The molecule has 0 saturated heterocycles. The molecule has 0 spiro atoms. The van der Waals surface area contributed by atoms with Crippen LogP contribution in [0.1, 0.15) is 37.7 Å². The lowest BCUT2D eigenvalue weighted by Crippen LogP contribution is -2.44. The van der Waals surface area contributed by atoms with Crippen LogP contribution < -0.4 is 10.6 Å². The van der Waals surface area contributed by atoms with Crippen molar-refractivity contribution in [1.29, 1.82) is 0 Å². The molecule has 0 aromatic heterocycles. The Labute approximate surface area is 139 Å². The molecule has 3 N–H and O–H groups in total. The first-order valence-electron chi connectivity index (χ1n) is 7.90. The van der Waals surface area contributed by atoms with Gasteiger partial charge in [0.25, 0.3) is 5.69 Å². The molecule has 0 bridgehead atoms. The summed E-state index contributed by atoms with van der Waals surface area (Å²) in [6, 6.07) is 3.56. The van der Waals surface area contributed by atoms with E-state index in [4.69, 9.17) is 0 Å². The maximum absolute atomic E-state index is 12.1. The van der Waals surface area contributed by atoms with Crippen molar-refractivity contribution in [3.63, 3.8) is 0 Å². The van der Waals surface area contributed by atoms with Crippen molar-refractivity contribution in [3.05, 3.63) is 33.9 Å². The Morgan fingerprint density at radius 3 is 2.62 bits per heavy atom. The molecule has 1 atom stereocenters. The van der Waals surface area contributed by atoms with Gasteiger partial charge in [0.05, 0.1) is 11.3 Å². The number of hydrogen-bond acceptors (Lipinski definition) is 5. The lowest BCUT2D eigenvalue weighted by Gasteiger charge is -2.19.